The summed E-state index contributed by atoms with van der Waals surface area (Å²) in [6.45, 7) is 2.86. The third-order valence-electron chi connectivity index (χ3n) is 3.68. The van der Waals surface area contributed by atoms with E-state index in [0.29, 0.717) is 12.0 Å². The molecule has 0 spiro atoms. The Labute approximate surface area is 122 Å². The summed E-state index contributed by atoms with van der Waals surface area (Å²) in [5.41, 5.74) is 2.70. The number of halogens is 1. The third-order valence-corrected chi connectivity index (χ3v) is 3.68. The molecule has 4 heteroatoms. The van der Waals surface area contributed by atoms with Gasteiger partial charge in [-0.2, -0.15) is 0 Å². The van der Waals surface area contributed by atoms with Crippen LogP contribution in [0.2, 0.25) is 0 Å². The Hall–Kier alpha value is -2.20. The number of aromatic nitrogens is 2. The number of imidazole rings is 1. The van der Waals surface area contributed by atoms with E-state index in [4.69, 9.17) is 0 Å². The first-order valence-electron chi connectivity index (χ1n) is 7.06. The monoisotopic (exact) mass is 284 g/mol. The summed E-state index contributed by atoms with van der Waals surface area (Å²) in [4.78, 5) is 4.60. The molecule has 0 saturated heterocycles. The first-order valence-corrected chi connectivity index (χ1v) is 7.06. The van der Waals surface area contributed by atoms with Gasteiger partial charge in [-0.1, -0.05) is 24.3 Å². The Kier molecular flexibility index (Phi) is 3.71. The van der Waals surface area contributed by atoms with Crippen LogP contribution in [0.3, 0.4) is 0 Å². The van der Waals surface area contributed by atoms with Gasteiger partial charge in [0, 0.05) is 13.0 Å². The standard InChI is InChI=1S/C17H17FN2O/c1-2-20-15-6-4-3-5-14(15)19-17(20)11-16(21)12-7-9-13(18)10-8-12/h3-10,16,21H,2,11H2,1H3. The van der Waals surface area contributed by atoms with Crippen molar-refractivity contribution in [2.45, 2.75) is 26.0 Å². The molecule has 1 atom stereocenters. The normalized spacial score (nSPS) is 12.7. The van der Waals surface area contributed by atoms with Gasteiger partial charge in [-0.15, -0.1) is 0 Å². The maximum Gasteiger partial charge on any atom is 0.123 e. The van der Waals surface area contributed by atoms with Crippen molar-refractivity contribution >= 4 is 11.0 Å². The Morgan fingerprint density at radius 1 is 1.14 bits per heavy atom. The molecular weight excluding hydrogens is 267 g/mol. The first kappa shape index (κ1) is 13.8. The van der Waals surface area contributed by atoms with Crippen molar-refractivity contribution < 1.29 is 9.50 Å². The maximum atomic E-state index is 12.9. The van der Waals surface area contributed by atoms with Gasteiger partial charge in [-0.25, -0.2) is 9.37 Å². The molecule has 0 aliphatic rings. The molecule has 0 aliphatic carbocycles. The van der Waals surface area contributed by atoms with E-state index in [1.54, 1.807) is 12.1 Å². The Bertz CT molecular complexity index is 749. The largest absolute Gasteiger partial charge is 0.388 e. The highest BCUT2D eigenvalue weighted by Crippen LogP contribution is 2.22. The van der Waals surface area contributed by atoms with Crippen LogP contribution in [0.4, 0.5) is 4.39 Å². The fourth-order valence-corrected chi connectivity index (χ4v) is 2.61. The van der Waals surface area contributed by atoms with Crippen LogP contribution >= 0.6 is 0 Å². The smallest absolute Gasteiger partial charge is 0.123 e. The number of hydrogen-bond donors (Lipinski definition) is 1. The van der Waals surface area contributed by atoms with Crippen LogP contribution in [0.5, 0.6) is 0 Å². The second-order valence-electron chi connectivity index (χ2n) is 5.03. The molecule has 0 bridgehead atoms. The number of benzene rings is 2. The second-order valence-corrected chi connectivity index (χ2v) is 5.03. The van der Waals surface area contributed by atoms with Crippen molar-refractivity contribution in [3.05, 3.63) is 65.7 Å². The molecule has 2 aromatic carbocycles. The number of hydrogen-bond acceptors (Lipinski definition) is 2. The lowest BCUT2D eigenvalue weighted by molar-refractivity contribution is 0.174. The van der Waals surface area contributed by atoms with Crippen molar-refractivity contribution in [2.24, 2.45) is 0 Å². The van der Waals surface area contributed by atoms with Crippen LogP contribution in [-0.4, -0.2) is 14.7 Å². The van der Waals surface area contributed by atoms with Gasteiger partial charge in [-0.3, -0.25) is 0 Å². The Morgan fingerprint density at radius 2 is 1.86 bits per heavy atom. The number of aliphatic hydroxyl groups is 1. The predicted octanol–water partition coefficient (Wildman–Crippen LogP) is 3.47. The van der Waals surface area contributed by atoms with Crippen LogP contribution in [0.15, 0.2) is 48.5 Å². The molecule has 3 rings (SSSR count). The van der Waals surface area contributed by atoms with Gasteiger partial charge in [0.15, 0.2) is 0 Å². The molecule has 1 N–H and O–H groups in total. The molecule has 1 heterocycles. The molecular formula is C17H17FN2O. The summed E-state index contributed by atoms with van der Waals surface area (Å²) < 4.78 is 15.0. The van der Waals surface area contributed by atoms with Crippen LogP contribution in [-0.2, 0) is 13.0 Å². The van der Waals surface area contributed by atoms with Gasteiger partial charge >= 0.3 is 0 Å². The lowest BCUT2D eigenvalue weighted by Crippen LogP contribution is -2.08. The highest BCUT2D eigenvalue weighted by molar-refractivity contribution is 5.75. The van der Waals surface area contributed by atoms with Crippen LogP contribution in [0, 0.1) is 5.82 Å². The number of rotatable bonds is 4. The van der Waals surface area contributed by atoms with E-state index in [-0.39, 0.29) is 5.82 Å². The minimum atomic E-state index is -0.687. The SMILES string of the molecule is CCn1c(CC(O)c2ccc(F)cc2)nc2ccccc21. The van der Waals surface area contributed by atoms with Crippen molar-refractivity contribution in [3.8, 4) is 0 Å². The number of fused-ring (bicyclic) bond motifs is 1. The summed E-state index contributed by atoms with van der Waals surface area (Å²) in [5, 5.41) is 10.3. The average molecular weight is 284 g/mol. The highest BCUT2D eigenvalue weighted by atomic mass is 19.1. The summed E-state index contributed by atoms with van der Waals surface area (Å²) in [5.74, 6) is 0.544. The van der Waals surface area contributed by atoms with E-state index >= 15 is 0 Å². The van der Waals surface area contributed by atoms with E-state index in [0.717, 1.165) is 23.4 Å². The molecule has 3 nitrogen and oxygen atoms in total. The van der Waals surface area contributed by atoms with Gasteiger partial charge in [0.2, 0.25) is 0 Å². The van der Waals surface area contributed by atoms with Crippen LogP contribution in [0.1, 0.15) is 24.4 Å². The minimum Gasteiger partial charge on any atom is -0.388 e. The quantitative estimate of drug-likeness (QED) is 0.796. The van der Waals surface area contributed by atoms with Gasteiger partial charge < -0.3 is 9.67 Å². The molecule has 0 aliphatic heterocycles. The fraction of sp³-hybridized carbons (Fsp3) is 0.235. The zero-order valence-corrected chi connectivity index (χ0v) is 11.8. The highest BCUT2D eigenvalue weighted by Gasteiger charge is 2.15. The van der Waals surface area contributed by atoms with Crippen molar-refractivity contribution in [3.63, 3.8) is 0 Å². The van der Waals surface area contributed by atoms with Crippen molar-refractivity contribution in [1.82, 2.24) is 9.55 Å². The summed E-state index contributed by atoms with van der Waals surface area (Å²) in [6.07, 6.45) is -0.276. The number of nitrogens with zero attached hydrogens (tertiary/aromatic N) is 2. The van der Waals surface area contributed by atoms with E-state index in [1.165, 1.54) is 12.1 Å². The van der Waals surface area contributed by atoms with Gasteiger partial charge in [-0.05, 0) is 36.8 Å². The van der Waals surface area contributed by atoms with E-state index in [9.17, 15) is 9.50 Å². The van der Waals surface area contributed by atoms with Gasteiger partial charge in [0.05, 0.1) is 17.1 Å². The van der Waals surface area contributed by atoms with Gasteiger partial charge in [0.1, 0.15) is 11.6 Å². The summed E-state index contributed by atoms with van der Waals surface area (Å²) >= 11 is 0. The molecule has 0 amide bonds. The Balaban J connectivity index is 1.92. The number of aliphatic hydroxyl groups excluding tert-OH is 1. The van der Waals surface area contributed by atoms with Crippen molar-refractivity contribution in [1.29, 1.82) is 0 Å². The third kappa shape index (κ3) is 2.67. The number of aryl methyl sites for hydroxylation is 1. The lowest BCUT2D eigenvalue weighted by atomic mass is 10.1. The predicted molar refractivity (Wildman–Crippen MR) is 80.5 cm³/mol. The zero-order chi connectivity index (χ0) is 14.8. The minimum absolute atomic E-state index is 0.299. The maximum absolute atomic E-state index is 12.9. The Morgan fingerprint density at radius 3 is 2.57 bits per heavy atom. The first-order chi connectivity index (χ1) is 10.2. The van der Waals surface area contributed by atoms with E-state index < -0.39 is 6.10 Å². The molecule has 0 radical (unpaired) electrons. The fourth-order valence-electron chi connectivity index (χ4n) is 2.61. The molecule has 0 saturated carbocycles. The molecule has 21 heavy (non-hydrogen) atoms. The lowest BCUT2D eigenvalue weighted by Gasteiger charge is -2.12. The summed E-state index contributed by atoms with van der Waals surface area (Å²) in [7, 11) is 0. The molecule has 1 unspecified atom stereocenters. The van der Waals surface area contributed by atoms with Crippen LogP contribution < -0.4 is 0 Å². The van der Waals surface area contributed by atoms with Gasteiger partial charge in [0.25, 0.3) is 0 Å². The molecule has 108 valence electrons. The number of para-hydroxylation sites is 2. The summed E-state index contributed by atoms with van der Waals surface area (Å²) in [6, 6.07) is 13.9. The molecule has 1 aromatic heterocycles. The van der Waals surface area contributed by atoms with Crippen LogP contribution in [0.25, 0.3) is 11.0 Å². The average Bonchev–Trinajstić information content (AvgIpc) is 2.84. The molecule has 0 fully saturated rings. The molecule has 3 aromatic rings. The van der Waals surface area contributed by atoms with E-state index in [2.05, 4.69) is 16.5 Å². The second kappa shape index (κ2) is 5.66. The topological polar surface area (TPSA) is 38.0 Å². The van der Waals surface area contributed by atoms with E-state index in [1.807, 2.05) is 24.3 Å². The zero-order valence-electron chi connectivity index (χ0n) is 11.8. The van der Waals surface area contributed by atoms with Crippen molar-refractivity contribution in [2.75, 3.05) is 0 Å².